The minimum atomic E-state index is 0.169. The molecular formula is C19H26N4O2S. The number of aliphatic hydroxyl groups is 1. The quantitative estimate of drug-likeness (QED) is 0.890. The van der Waals surface area contributed by atoms with Crippen molar-refractivity contribution in [3.05, 3.63) is 23.0 Å². The molecule has 1 aliphatic carbocycles. The predicted molar refractivity (Wildman–Crippen MR) is 100 cm³/mol. The van der Waals surface area contributed by atoms with Gasteiger partial charge in [0.1, 0.15) is 0 Å². The van der Waals surface area contributed by atoms with Gasteiger partial charge >= 0.3 is 0 Å². The van der Waals surface area contributed by atoms with Crippen molar-refractivity contribution >= 4 is 11.3 Å². The molecule has 0 radical (unpaired) electrons. The molecule has 1 N–H and O–H groups in total. The molecule has 2 aromatic heterocycles. The highest BCUT2D eigenvalue weighted by atomic mass is 32.1. The van der Waals surface area contributed by atoms with Crippen LogP contribution in [0.1, 0.15) is 42.3 Å². The number of aromatic nitrogens is 3. The van der Waals surface area contributed by atoms with Gasteiger partial charge in [0.25, 0.3) is 0 Å². The van der Waals surface area contributed by atoms with Crippen molar-refractivity contribution in [3.8, 4) is 10.8 Å². The first-order chi connectivity index (χ1) is 12.8. The van der Waals surface area contributed by atoms with E-state index in [2.05, 4.69) is 20.6 Å². The van der Waals surface area contributed by atoms with E-state index in [9.17, 15) is 5.11 Å². The van der Waals surface area contributed by atoms with Crippen LogP contribution in [0.15, 0.2) is 12.4 Å². The van der Waals surface area contributed by atoms with Crippen LogP contribution in [0, 0.1) is 0 Å². The molecule has 2 aromatic rings. The molecule has 2 aliphatic heterocycles. The summed E-state index contributed by atoms with van der Waals surface area (Å²) in [6, 6.07) is 0.907. The molecule has 7 heteroatoms. The van der Waals surface area contributed by atoms with Crippen LogP contribution in [0.5, 0.6) is 0 Å². The van der Waals surface area contributed by atoms with Gasteiger partial charge < -0.3 is 14.4 Å². The van der Waals surface area contributed by atoms with Crippen LogP contribution >= 0.6 is 11.3 Å². The minimum Gasteiger partial charge on any atom is -0.396 e. The Morgan fingerprint density at radius 1 is 1.23 bits per heavy atom. The zero-order valence-electron chi connectivity index (χ0n) is 15.0. The largest absolute Gasteiger partial charge is 0.396 e. The zero-order chi connectivity index (χ0) is 17.5. The second-order valence-corrected chi connectivity index (χ2v) is 8.80. The molecule has 0 saturated carbocycles. The average Bonchev–Trinajstić information content (AvgIpc) is 3.37. The van der Waals surface area contributed by atoms with Gasteiger partial charge in [-0.05, 0) is 38.5 Å². The fraction of sp³-hybridized carbons (Fsp3) is 0.684. The maximum absolute atomic E-state index is 9.18. The summed E-state index contributed by atoms with van der Waals surface area (Å²) in [7, 11) is 0. The lowest BCUT2D eigenvalue weighted by atomic mass is 10.0. The van der Waals surface area contributed by atoms with Gasteiger partial charge in [-0.15, -0.1) is 11.3 Å². The van der Waals surface area contributed by atoms with Crippen LogP contribution in [-0.2, 0) is 17.6 Å². The average molecular weight is 375 g/mol. The highest BCUT2D eigenvalue weighted by Gasteiger charge is 2.38. The highest BCUT2D eigenvalue weighted by Crippen LogP contribution is 2.36. The first kappa shape index (κ1) is 16.9. The standard InChI is InChI=1S/C19H26N4O2S/c24-8-5-15-11-22-10-13(9-14(22)12-25-15)23-7-6-20-18(23)19-21-16-3-1-2-4-17(16)26-19/h6-7,13-15,24H,1-5,8-12H2/t13-,14-,15-/m0/s1. The highest BCUT2D eigenvalue weighted by molar-refractivity contribution is 7.15. The Morgan fingerprint density at radius 3 is 3.04 bits per heavy atom. The number of morpholine rings is 1. The molecule has 6 nitrogen and oxygen atoms in total. The summed E-state index contributed by atoms with van der Waals surface area (Å²) in [4.78, 5) is 13.6. The predicted octanol–water partition coefficient (Wildman–Crippen LogP) is 2.28. The van der Waals surface area contributed by atoms with Crippen molar-refractivity contribution in [2.45, 2.75) is 56.7 Å². The summed E-state index contributed by atoms with van der Waals surface area (Å²) >= 11 is 1.84. The molecule has 0 aromatic carbocycles. The molecule has 0 bridgehead atoms. The van der Waals surface area contributed by atoms with E-state index >= 15 is 0 Å². The van der Waals surface area contributed by atoms with Crippen molar-refractivity contribution in [2.75, 3.05) is 26.3 Å². The monoisotopic (exact) mass is 374 g/mol. The summed E-state index contributed by atoms with van der Waals surface area (Å²) in [5, 5.41) is 10.3. The number of thiazole rings is 1. The molecule has 26 heavy (non-hydrogen) atoms. The number of nitrogens with zero attached hydrogens (tertiary/aromatic N) is 4. The van der Waals surface area contributed by atoms with Crippen molar-refractivity contribution in [1.82, 2.24) is 19.4 Å². The molecule has 140 valence electrons. The summed E-state index contributed by atoms with van der Waals surface area (Å²) < 4.78 is 8.27. The van der Waals surface area contributed by atoms with Crippen molar-refractivity contribution in [1.29, 1.82) is 0 Å². The van der Waals surface area contributed by atoms with Crippen molar-refractivity contribution < 1.29 is 9.84 Å². The fourth-order valence-electron chi connectivity index (χ4n) is 4.66. The van der Waals surface area contributed by atoms with E-state index in [-0.39, 0.29) is 12.7 Å². The van der Waals surface area contributed by atoms with Crippen LogP contribution in [0.3, 0.4) is 0 Å². The summed E-state index contributed by atoms with van der Waals surface area (Å²) in [6.07, 6.45) is 10.9. The van der Waals surface area contributed by atoms with Gasteiger partial charge in [0, 0.05) is 49.1 Å². The number of fused-ring (bicyclic) bond motifs is 2. The van der Waals surface area contributed by atoms with Gasteiger partial charge in [0.05, 0.1) is 18.4 Å². The molecule has 0 spiro atoms. The lowest BCUT2D eigenvalue weighted by Crippen LogP contribution is -2.46. The second kappa shape index (κ2) is 7.03. The Bertz CT molecular complexity index is 750. The zero-order valence-corrected chi connectivity index (χ0v) is 15.8. The minimum absolute atomic E-state index is 0.169. The number of aliphatic hydroxyl groups excluding tert-OH is 1. The summed E-state index contributed by atoms with van der Waals surface area (Å²) in [5.41, 5.74) is 1.30. The van der Waals surface area contributed by atoms with E-state index in [1.807, 2.05) is 17.5 Å². The van der Waals surface area contributed by atoms with Crippen LogP contribution in [0.4, 0.5) is 0 Å². The second-order valence-electron chi connectivity index (χ2n) is 7.72. The van der Waals surface area contributed by atoms with Gasteiger partial charge in [-0.2, -0.15) is 0 Å². The Hall–Kier alpha value is -1.28. The molecular weight excluding hydrogens is 348 g/mol. The van der Waals surface area contributed by atoms with Gasteiger partial charge in [0.15, 0.2) is 10.8 Å². The van der Waals surface area contributed by atoms with E-state index < -0.39 is 0 Å². The number of aryl methyl sites for hydroxylation is 2. The number of rotatable bonds is 4. The van der Waals surface area contributed by atoms with Gasteiger partial charge in [-0.1, -0.05) is 0 Å². The Morgan fingerprint density at radius 2 is 2.15 bits per heavy atom. The number of ether oxygens (including phenoxy) is 1. The lowest BCUT2D eigenvalue weighted by Gasteiger charge is -2.34. The topological polar surface area (TPSA) is 63.4 Å². The third-order valence-corrected chi connectivity index (χ3v) is 7.17. The van der Waals surface area contributed by atoms with E-state index in [1.54, 1.807) is 0 Å². The van der Waals surface area contributed by atoms with Crippen LogP contribution in [0.2, 0.25) is 0 Å². The molecule has 2 fully saturated rings. The van der Waals surface area contributed by atoms with Crippen molar-refractivity contribution in [3.63, 3.8) is 0 Å². The van der Waals surface area contributed by atoms with Crippen LogP contribution in [-0.4, -0.2) is 63.0 Å². The summed E-state index contributed by atoms with van der Waals surface area (Å²) in [5.74, 6) is 1.03. The number of imidazole rings is 1. The Kier molecular flexibility index (Phi) is 4.56. The molecule has 0 unspecified atom stereocenters. The first-order valence-corrected chi connectivity index (χ1v) is 10.6. The van der Waals surface area contributed by atoms with E-state index in [0.29, 0.717) is 12.1 Å². The first-order valence-electron chi connectivity index (χ1n) is 9.80. The molecule has 4 heterocycles. The number of hydrogen-bond donors (Lipinski definition) is 1. The van der Waals surface area contributed by atoms with E-state index in [0.717, 1.165) is 49.8 Å². The van der Waals surface area contributed by atoms with Crippen LogP contribution < -0.4 is 0 Å². The third kappa shape index (κ3) is 3.01. The molecule has 0 amide bonds. The van der Waals surface area contributed by atoms with Crippen LogP contribution in [0.25, 0.3) is 10.8 Å². The Balaban J connectivity index is 1.36. The maximum Gasteiger partial charge on any atom is 0.169 e. The molecule has 5 rings (SSSR count). The lowest BCUT2D eigenvalue weighted by molar-refractivity contribution is -0.0567. The van der Waals surface area contributed by atoms with Crippen molar-refractivity contribution in [2.24, 2.45) is 0 Å². The third-order valence-electron chi connectivity index (χ3n) is 6.02. The number of hydrogen-bond acceptors (Lipinski definition) is 6. The SMILES string of the molecule is OCC[C@H]1CN2C[C@@H](n3ccnc3-c3nc4c(s3)CCCC4)C[C@H]2CO1. The maximum atomic E-state index is 9.18. The van der Waals surface area contributed by atoms with E-state index in [1.165, 1.54) is 29.8 Å². The van der Waals surface area contributed by atoms with Gasteiger partial charge in [0.2, 0.25) is 0 Å². The Labute approximate surface area is 157 Å². The fourth-order valence-corrected chi connectivity index (χ4v) is 5.81. The van der Waals surface area contributed by atoms with E-state index in [4.69, 9.17) is 9.72 Å². The summed E-state index contributed by atoms with van der Waals surface area (Å²) in [6.45, 7) is 2.94. The normalized spacial score (nSPS) is 28.9. The molecule has 3 aliphatic rings. The van der Waals surface area contributed by atoms with Gasteiger partial charge in [-0.3, -0.25) is 4.90 Å². The molecule has 2 saturated heterocycles. The smallest absolute Gasteiger partial charge is 0.169 e. The molecule has 3 atom stereocenters. The van der Waals surface area contributed by atoms with Gasteiger partial charge in [-0.25, -0.2) is 9.97 Å².